The number of aromatic nitrogens is 1. The first-order chi connectivity index (χ1) is 12.3. The maximum atomic E-state index is 12.6. The summed E-state index contributed by atoms with van der Waals surface area (Å²) in [6.07, 6.45) is 3.43. The van der Waals surface area contributed by atoms with E-state index in [0.29, 0.717) is 6.42 Å². The molecule has 4 nitrogen and oxygen atoms in total. The van der Waals surface area contributed by atoms with Crippen LogP contribution < -0.4 is 0 Å². The van der Waals surface area contributed by atoms with Gasteiger partial charge in [0.15, 0.2) is 0 Å². The molecule has 0 unspecified atom stereocenters. The Bertz CT molecular complexity index is 832. The molecule has 0 spiro atoms. The lowest BCUT2D eigenvalue weighted by atomic mass is 10.1. The summed E-state index contributed by atoms with van der Waals surface area (Å²) in [4.78, 5) is 21.7. The third-order valence-electron chi connectivity index (χ3n) is 4.97. The lowest BCUT2D eigenvalue weighted by Gasteiger charge is -2.34. The lowest BCUT2D eigenvalue weighted by Crippen LogP contribution is -2.48. The Morgan fingerprint density at radius 2 is 1.92 bits per heavy atom. The van der Waals surface area contributed by atoms with E-state index in [-0.39, 0.29) is 5.91 Å². The summed E-state index contributed by atoms with van der Waals surface area (Å²) in [5.41, 5.74) is 2.38. The van der Waals surface area contributed by atoms with Crippen molar-refractivity contribution in [3.05, 3.63) is 58.4 Å². The monoisotopic (exact) mass is 353 g/mol. The standard InChI is InChI=1S/C20H23N3OS/c24-20(8-7-16-14-21-19-6-2-1-5-18(16)19)23-11-9-22(10-12-23)15-17-4-3-13-25-17/h1-6,13-14,21H,7-12,15H2. The number of aromatic amines is 1. The highest BCUT2D eigenvalue weighted by molar-refractivity contribution is 7.09. The molecule has 0 bridgehead atoms. The molecular weight excluding hydrogens is 330 g/mol. The van der Waals surface area contributed by atoms with Crippen LogP contribution in [0.3, 0.4) is 0 Å². The van der Waals surface area contributed by atoms with Crippen molar-refractivity contribution >= 4 is 28.1 Å². The van der Waals surface area contributed by atoms with Gasteiger partial charge in [0, 0.05) is 61.1 Å². The van der Waals surface area contributed by atoms with Gasteiger partial charge in [-0.15, -0.1) is 11.3 Å². The van der Waals surface area contributed by atoms with E-state index in [1.54, 1.807) is 11.3 Å². The number of amides is 1. The molecule has 0 aliphatic carbocycles. The summed E-state index contributed by atoms with van der Waals surface area (Å²) in [7, 11) is 0. The normalized spacial score (nSPS) is 15.8. The van der Waals surface area contributed by atoms with E-state index in [4.69, 9.17) is 0 Å². The molecule has 0 radical (unpaired) electrons. The molecule has 5 heteroatoms. The first-order valence-electron chi connectivity index (χ1n) is 8.87. The molecule has 1 fully saturated rings. The van der Waals surface area contributed by atoms with Crippen LogP contribution in [0.15, 0.2) is 48.0 Å². The summed E-state index contributed by atoms with van der Waals surface area (Å²) >= 11 is 1.81. The number of fused-ring (bicyclic) bond motifs is 1. The zero-order valence-electron chi connectivity index (χ0n) is 14.3. The predicted molar refractivity (Wildman–Crippen MR) is 103 cm³/mol. The van der Waals surface area contributed by atoms with Crippen LogP contribution in [0.4, 0.5) is 0 Å². The second kappa shape index (κ2) is 7.42. The zero-order valence-corrected chi connectivity index (χ0v) is 15.1. The summed E-state index contributed by atoms with van der Waals surface area (Å²) in [5, 5.41) is 3.36. The van der Waals surface area contributed by atoms with E-state index in [1.807, 2.05) is 23.2 Å². The minimum absolute atomic E-state index is 0.279. The van der Waals surface area contributed by atoms with Crippen molar-refractivity contribution in [1.29, 1.82) is 0 Å². The number of nitrogens with one attached hydrogen (secondary N) is 1. The molecular formula is C20H23N3OS. The molecule has 130 valence electrons. The Morgan fingerprint density at radius 3 is 2.72 bits per heavy atom. The van der Waals surface area contributed by atoms with Crippen molar-refractivity contribution in [2.45, 2.75) is 19.4 Å². The molecule has 0 saturated carbocycles. The summed E-state index contributed by atoms with van der Waals surface area (Å²) in [6.45, 7) is 4.64. The number of H-pyrrole nitrogens is 1. The van der Waals surface area contributed by atoms with Gasteiger partial charge in [0.25, 0.3) is 0 Å². The lowest BCUT2D eigenvalue weighted by molar-refractivity contribution is -0.132. The van der Waals surface area contributed by atoms with Crippen molar-refractivity contribution in [3.8, 4) is 0 Å². The number of carbonyl (C=O) groups excluding carboxylic acids is 1. The topological polar surface area (TPSA) is 39.3 Å². The highest BCUT2D eigenvalue weighted by Crippen LogP contribution is 2.20. The molecule has 1 amide bonds. The number of aryl methyl sites for hydroxylation is 1. The molecule has 3 heterocycles. The minimum Gasteiger partial charge on any atom is -0.361 e. The molecule has 1 aromatic carbocycles. The molecule has 4 rings (SSSR count). The minimum atomic E-state index is 0.279. The molecule has 25 heavy (non-hydrogen) atoms. The van der Waals surface area contributed by atoms with E-state index in [0.717, 1.165) is 44.7 Å². The summed E-state index contributed by atoms with van der Waals surface area (Å²) in [6, 6.07) is 12.6. The fraction of sp³-hybridized carbons (Fsp3) is 0.350. The molecule has 1 aliphatic heterocycles. The predicted octanol–water partition coefficient (Wildman–Crippen LogP) is 3.51. The Balaban J connectivity index is 1.28. The second-order valence-electron chi connectivity index (χ2n) is 6.60. The molecule has 1 aliphatic rings. The number of carbonyl (C=O) groups is 1. The van der Waals surface area contributed by atoms with Gasteiger partial charge in [-0.2, -0.15) is 0 Å². The van der Waals surface area contributed by atoms with E-state index >= 15 is 0 Å². The third-order valence-corrected chi connectivity index (χ3v) is 5.83. The number of hydrogen-bond donors (Lipinski definition) is 1. The van der Waals surface area contributed by atoms with Crippen LogP contribution in [0.25, 0.3) is 10.9 Å². The molecule has 1 saturated heterocycles. The van der Waals surface area contributed by atoms with Crippen molar-refractivity contribution in [1.82, 2.24) is 14.8 Å². The van der Waals surface area contributed by atoms with Gasteiger partial charge in [-0.1, -0.05) is 24.3 Å². The highest BCUT2D eigenvalue weighted by atomic mass is 32.1. The van der Waals surface area contributed by atoms with Gasteiger partial charge in [0.2, 0.25) is 5.91 Å². The van der Waals surface area contributed by atoms with Crippen molar-refractivity contribution in [3.63, 3.8) is 0 Å². The van der Waals surface area contributed by atoms with Gasteiger partial charge in [0.1, 0.15) is 0 Å². The van der Waals surface area contributed by atoms with Gasteiger partial charge < -0.3 is 9.88 Å². The number of nitrogens with zero attached hydrogens (tertiary/aromatic N) is 2. The van der Waals surface area contributed by atoms with E-state index < -0.39 is 0 Å². The maximum absolute atomic E-state index is 12.6. The molecule has 3 aromatic rings. The molecule has 2 aromatic heterocycles. The van der Waals surface area contributed by atoms with Crippen LogP contribution >= 0.6 is 11.3 Å². The average Bonchev–Trinajstić information content (AvgIpc) is 3.30. The Hall–Kier alpha value is -2.11. The second-order valence-corrected chi connectivity index (χ2v) is 7.63. The summed E-state index contributed by atoms with van der Waals surface area (Å²) in [5.74, 6) is 0.279. The van der Waals surface area contributed by atoms with Crippen LogP contribution in [0, 0.1) is 0 Å². The molecule has 0 atom stereocenters. The Morgan fingerprint density at radius 1 is 1.08 bits per heavy atom. The first kappa shape index (κ1) is 16.4. The van der Waals surface area contributed by atoms with Crippen molar-refractivity contribution in [2.24, 2.45) is 0 Å². The fourth-order valence-corrected chi connectivity index (χ4v) is 4.26. The molecule has 1 N–H and O–H groups in total. The number of benzene rings is 1. The van der Waals surface area contributed by atoms with Gasteiger partial charge in [0.05, 0.1) is 0 Å². The van der Waals surface area contributed by atoms with Crippen LogP contribution in [0.2, 0.25) is 0 Å². The third kappa shape index (κ3) is 3.78. The maximum Gasteiger partial charge on any atom is 0.222 e. The number of thiophene rings is 1. The van der Waals surface area contributed by atoms with E-state index in [1.165, 1.54) is 15.8 Å². The Labute approximate surface area is 152 Å². The van der Waals surface area contributed by atoms with Gasteiger partial charge in [-0.3, -0.25) is 9.69 Å². The van der Waals surface area contributed by atoms with Gasteiger partial charge in [-0.05, 0) is 29.5 Å². The van der Waals surface area contributed by atoms with Gasteiger partial charge in [-0.25, -0.2) is 0 Å². The average molecular weight is 353 g/mol. The smallest absolute Gasteiger partial charge is 0.222 e. The van der Waals surface area contributed by atoms with Crippen LogP contribution in [0.5, 0.6) is 0 Å². The van der Waals surface area contributed by atoms with Crippen molar-refractivity contribution in [2.75, 3.05) is 26.2 Å². The SMILES string of the molecule is O=C(CCc1c[nH]c2ccccc12)N1CCN(Cc2cccs2)CC1. The fourth-order valence-electron chi connectivity index (χ4n) is 3.52. The summed E-state index contributed by atoms with van der Waals surface area (Å²) < 4.78 is 0. The van der Waals surface area contributed by atoms with Gasteiger partial charge >= 0.3 is 0 Å². The van der Waals surface area contributed by atoms with Crippen molar-refractivity contribution < 1.29 is 4.79 Å². The first-order valence-corrected chi connectivity index (χ1v) is 9.75. The van der Waals surface area contributed by atoms with Crippen LogP contribution in [-0.2, 0) is 17.8 Å². The van der Waals surface area contributed by atoms with Crippen LogP contribution in [0.1, 0.15) is 16.9 Å². The zero-order chi connectivity index (χ0) is 17.1. The Kier molecular flexibility index (Phi) is 4.85. The largest absolute Gasteiger partial charge is 0.361 e. The highest BCUT2D eigenvalue weighted by Gasteiger charge is 2.21. The number of piperazine rings is 1. The number of rotatable bonds is 5. The quantitative estimate of drug-likeness (QED) is 0.762. The number of para-hydroxylation sites is 1. The van der Waals surface area contributed by atoms with E-state index in [9.17, 15) is 4.79 Å². The van der Waals surface area contributed by atoms with E-state index in [2.05, 4.69) is 39.5 Å². The number of hydrogen-bond acceptors (Lipinski definition) is 3. The van der Waals surface area contributed by atoms with Crippen LogP contribution in [-0.4, -0.2) is 46.9 Å².